The van der Waals surface area contributed by atoms with Crippen LogP contribution in [0.2, 0.25) is 0 Å². The Morgan fingerprint density at radius 2 is 1.74 bits per heavy atom. The van der Waals surface area contributed by atoms with Crippen LogP contribution < -0.4 is 5.01 Å². The van der Waals surface area contributed by atoms with E-state index >= 15 is 0 Å². The van der Waals surface area contributed by atoms with Crippen LogP contribution in [-0.2, 0) is 15.7 Å². The molecule has 1 heterocycles. The summed E-state index contributed by atoms with van der Waals surface area (Å²) in [5.41, 5.74) is -0.449. The first kappa shape index (κ1) is 21.7. The smallest absolute Gasteiger partial charge is 0.416 e. The normalized spacial score (nSPS) is 11.3. The summed E-state index contributed by atoms with van der Waals surface area (Å²) in [4.78, 5) is 28.5. The minimum absolute atomic E-state index is 0.00583. The van der Waals surface area contributed by atoms with Gasteiger partial charge in [0, 0.05) is 6.20 Å². The van der Waals surface area contributed by atoms with Crippen LogP contribution in [0.25, 0.3) is 0 Å². The maximum absolute atomic E-state index is 13.1. The topological polar surface area (TPSA) is 71.9 Å². The van der Waals surface area contributed by atoms with Crippen molar-refractivity contribution in [1.29, 1.82) is 0 Å². The van der Waals surface area contributed by atoms with Crippen LogP contribution in [-0.4, -0.2) is 29.7 Å². The van der Waals surface area contributed by atoms with Crippen LogP contribution in [0.15, 0.2) is 84.1 Å². The summed E-state index contributed by atoms with van der Waals surface area (Å²) in [6.45, 7) is -0.738. The lowest BCUT2D eigenvalue weighted by Crippen LogP contribution is -2.31. The zero-order chi connectivity index (χ0) is 22.3. The number of hydrogen-bond acceptors (Lipinski definition) is 5. The molecule has 6 nitrogen and oxygen atoms in total. The Morgan fingerprint density at radius 1 is 1.00 bits per heavy atom. The summed E-state index contributed by atoms with van der Waals surface area (Å²) in [5.74, 6) is -1.68. The minimum Gasteiger partial charge on any atom is -0.451 e. The maximum Gasteiger partial charge on any atom is 0.416 e. The fourth-order valence-electron chi connectivity index (χ4n) is 2.50. The molecule has 0 aliphatic rings. The Balaban J connectivity index is 1.84. The average molecular weight is 427 g/mol. The lowest BCUT2D eigenvalue weighted by atomic mass is 10.2. The molecular weight excluding hydrogens is 411 g/mol. The molecular formula is C22H16F3N3O3. The third-order valence-corrected chi connectivity index (χ3v) is 3.98. The van der Waals surface area contributed by atoms with Crippen molar-refractivity contribution in [2.24, 2.45) is 5.10 Å². The zero-order valence-electron chi connectivity index (χ0n) is 16.0. The lowest BCUT2D eigenvalue weighted by Gasteiger charge is -2.18. The molecule has 0 bridgehead atoms. The number of anilines is 1. The molecule has 158 valence electrons. The van der Waals surface area contributed by atoms with Crippen molar-refractivity contribution in [2.75, 3.05) is 11.6 Å². The van der Waals surface area contributed by atoms with Gasteiger partial charge in [0.1, 0.15) is 5.69 Å². The van der Waals surface area contributed by atoms with E-state index in [0.717, 1.165) is 23.2 Å². The largest absolute Gasteiger partial charge is 0.451 e. The number of rotatable bonds is 6. The van der Waals surface area contributed by atoms with Gasteiger partial charge >= 0.3 is 12.1 Å². The highest BCUT2D eigenvalue weighted by Crippen LogP contribution is 2.31. The number of esters is 1. The Bertz CT molecular complexity index is 1070. The molecule has 0 saturated carbocycles. The first-order valence-corrected chi connectivity index (χ1v) is 9.02. The number of benzene rings is 2. The van der Waals surface area contributed by atoms with Crippen LogP contribution in [0.1, 0.15) is 21.6 Å². The van der Waals surface area contributed by atoms with Crippen molar-refractivity contribution < 1.29 is 27.5 Å². The number of ether oxygens (including phenoxy) is 1. The number of nitrogens with zero attached hydrogens (tertiary/aromatic N) is 3. The van der Waals surface area contributed by atoms with Crippen LogP contribution in [0.3, 0.4) is 0 Å². The first-order valence-electron chi connectivity index (χ1n) is 9.02. The monoisotopic (exact) mass is 427 g/mol. The number of carbonyl (C=O) groups excluding carboxylic acids is 2. The number of hydrazone groups is 1. The fraction of sp³-hybridized carbons (Fsp3) is 0.0909. The molecule has 1 aromatic heterocycles. The first-order chi connectivity index (χ1) is 14.8. The molecule has 0 fully saturated rings. The van der Waals surface area contributed by atoms with E-state index in [4.69, 9.17) is 4.74 Å². The van der Waals surface area contributed by atoms with Crippen molar-refractivity contribution in [2.45, 2.75) is 6.18 Å². The van der Waals surface area contributed by atoms with Gasteiger partial charge in [-0.05, 0) is 35.9 Å². The third kappa shape index (κ3) is 5.99. The molecule has 1 amide bonds. The lowest BCUT2D eigenvalue weighted by molar-refractivity contribution is -0.137. The van der Waals surface area contributed by atoms with Gasteiger partial charge in [0.05, 0.1) is 17.5 Å². The SMILES string of the molecule is O=C(OCC(=O)N(/N=C/c1ccccc1)c1cccc(C(F)(F)F)c1)c1ccccn1. The average Bonchev–Trinajstić information content (AvgIpc) is 2.78. The molecule has 0 aliphatic carbocycles. The summed E-state index contributed by atoms with van der Waals surface area (Å²) < 4.78 is 44.3. The van der Waals surface area contributed by atoms with Gasteiger partial charge in [0.15, 0.2) is 6.61 Å². The van der Waals surface area contributed by atoms with Gasteiger partial charge in [-0.15, -0.1) is 0 Å². The summed E-state index contributed by atoms with van der Waals surface area (Å²) in [5, 5.41) is 4.78. The van der Waals surface area contributed by atoms with E-state index in [0.29, 0.717) is 5.56 Å². The van der Waals surface area contributed by atoms with Crippen LogP contribution >= 0.6 is 0 Å². The van der Waals surface area contributed by atoms with Gasteiger partial charge in [-0.2, -0.15) is 23.3 Å². The Labute approximate surface area is 175 Å². The van der Waals surface area contributed by atoms with Gasteiger partial charge < -0.3 is 4.74 Å². The molecule has 0 unspecified atom stereocenters. The third-order valence-electron chi connectivity index (χ3n) is 3.98. The Kier molecular flexibility index (Phi) is 6.76. The highest BCUT2D eigenvalue weighted by Gasteiger charge is 2.31. The highest BCUT2D eigenvalue weighted by atomic mass is 19.4. The van der Waals surface area contributed by atoms with Crippen molar-refractivity contribution in [3.8, 4) is 0 Å². The molecule has 3 aromatic rings. The van der Waals surface area contributed by atoms with Crippen LogP contribution in [0, 0.1) is 0 Å². The fourth-order valence-corrected chi connectivity index (χ4v) is 2.50. The number of alkyl halides is 3. The number of amides is 1. The Hall–Kier alpha value is -4.01. The van der Waals surface area contributed by atoms with E-state index < -0.39 is 30.2 Å². The molecule has 0 N–H and O–H groups in total. The number of carbonyl (C=O) groups is 2. The number of hydrogen-bond donors (Lipinski definition) is 0. The minimum atomic E-state index is -4.60. The molecule has 0 atom stereocenters. The van der Waals surface area contributed by atoms with Crippen LogP contribution in [0.5, 0.6) is 0 Å². The molecule has 0 aliphatic heterocycles. The molecule has 0 saturated heterocycles. The molecule has 3 rings (SSSR count). The molecule has 2 aromatic carbocycles. The summed E-state index contributed by atoms with van der Waals surface area (Å²) in [6.07, 6.45) is -1.89. The second-order valence-electron chi connectivity index (χ2n) is 6.20. The molecule has 0 spiro atoms. The Morgan fingerprint density at radius 3 is 2.42 bits per heavy atom. The van der Waals surface area contributed by atoms with E-state index in [9.17, 15) is 22.8 Å². The van der Waals surface area contributed by atoms with Gasteiger partial charge in [-0.3, -0.25) is 4.79 Å². The van der Waals surface area contributed by atoms with Crippen molar-refractivity contribution in [3.05, 3.63) is 95.8 Å². The van der Waals surface area contributed by atoms with Gasteiger partial charge in [-0.25, -0.2) is 9.78 Å². The quantitative estimate of drug-likeness (QED) is 0.334. The van der Waals surface area contributed by atoms with Gasteiger partial charge in [-0.1, -0.05) is 42.5 Å². The molecule has 9 heteroatoms. The predicted molar refractivity (Wildman–Crippen MR) is 107 cm³/mol. The molecule has 0 radical (unpaired) electrons. The maximum atomic E-state index is 13.1. The summed E-state index contributed by atoms with van der Waals surface area (Å²) in [6, 6.07) is 17.4. The number of halogens is 3. The predicted octanol–water partition coefficient (Wildman–Crippen LogP) is 4.32. The summed E-state index contributed by atoms with van der Waals surface area (Å²) >= 11 is 0. The standard InChI is InChI=1S/C22H16F3N3O3/c23-22(24,25)17-9-6-10-18(13-17)28(27-14-16-7-2-1-3-8-16)20(29)15-31-21(30)19-11-4-5-12-26-19/h1-14H,15H2/b27-14+. The van der Waals surface area contributed by atoms with Crippen molar-refractivity contribution in [3.63, 3.8) is 0 Å². The van der Waals surface area contributed by atoms with E-state index in [1.54, 1.807) is 42.5 Å². The highest BCUT2D eigenvalue weighted by molar-refractivity contribution is 5.97. The van der Waals surface area contributed by atoms with E-state index in [1.165, 1.54) is 24.5 Å². The second kappa shape index (κ2) is 9.66. The van der Waals surface area contributed by atoms with E-state index in [1.807, 2.05) is 0 Å². The second-order valence-corrected chi connectivity index (χ2v) is 6.20. The van der Waals surface area contributed by atoms with Crippen molar-refractivity contribution >= 4 is 23.8 Å². The number of pyridine rings is 1. The van der Waals surface area contributed by atoms with Crippen molar-refractivity contribution in [1.82, 2.24) is 4.98 Å². The van der Waals surface area contributed by atoms with E-state index in [-0.39, 0.29) is 11.4 Å². The van der Waals surface area contributed by atoms with Gasteiger partial charge in [0.25, 0.3) is 5.91 Å². The van der Waals surface area contributed by atoms with Crippen LogP contribution in [0.4, 0.5) is 18.9 Å². The number of aromatic nitrogens is 1. The van der Waals surface area contributed by atoms with Gasteiger partial charge in [0.2, 0.25) is 0 Å². The summed E-state index contributed by atoms with van der Waals surface area (Å²) in [7, 11) is 0. The zero-order valence-corrected chi connectivity index (χ0v) is 16.0. The van der Waals surface area contributed by atoms with E-state index in [2.05, 4.69) is 10.1 Å². The molecule has 31 heavy (non-hydrogen) atoms.